The quantitative estimate of drug-likeness (QED) is 0.711. The zero-order valence-corrected chi connectivity index (χ0v) is 11.4. The van der Waals surface area contributed by atoms with Gasteiger partial charge in [-0.1, -0.05) is 12.1 Å². The van der Waals surface area contributed by atoms with E-state index in [0.717, 1.165) is 35.2 Å². The Morgan fingerprint density at radius 3 is 2.95 bits per heavy atom. The molecule has 0 aliphatic heterocycles. The fourth-order valence-corrected chi connectivity index (χ4v) is 2.27. The van der Waals surface area contributed by atoms with E-state index >= 15 is 0 Å². The number of benzene rings is 1. The fourth-order valence-electron chi connectivity index (χ4n) is 2.27. The lowest BCUT2D eigenvalue weighted by Crippen LogP contribution is -2.06. The third kappa shape index (κ3) is 2.42. The maximum atomic E-state index is 5.94. The number of nitrogens with one attached hydrogen (secondary N) is 1. The third-order valence-electron chi connectivity index (χ3n) is 3.27. The van der Waals surface area contributed by atoms with E-state index in [2.05, 4.69) is 15.4 Å². The molecule has 0 radical (unpaired) electrons. The highest BCUT2D eigenvalue weighted by atomic mass is 15.2. The van der Waals surface area contributed by atoms with Crippen molar-refractivity contribution in [2.24, 2.45) is 7.05 Å². The van der Waals surface area contributed by atoms with E-state index in [4.69, 9.17) is 5.73 Å². The summed E-state index contributed by atoms with van der Waals surface area (Å²) >= 11 is 0. The number of pyridine rings is 1. The van der Waals surface area contributed by atoms with E-state index < -0.39 is 0 Å². The summed E-state index contributed by atoms with van der Waals surface area (Å²) in [7, 11) is 1.93. The minimum absolute atomic E-state index is 0.705. The highest BCUT2D eigenvalue weighted by Crippen LogP contribution is 2.25. The summed E-state index contributed by atoms with van der Waals surface area (Å²) in [4.78, 5) is 4.33. The first kappa shape index (κ1) is 12.5. The minimum Gasteiger partial charge on any atom is -0.397 e. The van der Waals surface area contributed by atoms with Crippen molar-refractivity contribution in [2.45, 2.75) is 6.42 Å². The second-order valence-electron chi connectivity index (χ2n) is 4.76. The standard InChI is InChI=1S/C15H17N5/c1-20-10-7-11(19-20)5-8-17-14-6-9-18-15-12(14)3-2-4-13(15)16/h2-4,6-7,9-10H,5,8,16H2,1H3,(H,17,18). The fraction of sp³-hybridized carbons (Fsp3) is 0.200. The molecule has 0 unspecified atom stereocenters. The van der Waals surface area contributed by atoms with E-state index in [1.807, 2.05) is 48.3 Å². The number of anilines is 2. The van der Waals surface area contributed by atoms with Gasteiger partial charge in [-0.15, -0.1) is 0 Å². The molecule has 0 saturated heterocycles. The Balaban J connectivity index is 1.76. The first-order chi connectivity index (χ1) is 9.74. The Morgan fingerprint density at radius 2 is 2.15 bits per heavy atom. The predicted octanol–water partition coefficient (Wildman–Crippen LogP) is 2.21. The van der Waals surface area contributed by atoms with Gasteiger partial charge in [-0.25, -0.2) is 0 Å². The second kappa shape index (κ2) is 5.21. The van der Waals surface area contributed by atoms with E-state index in [1.54, 1.807) is 6.20 Å². The van der Waals surface area contributed by atoms with Crippen molar-refractivity contribution in [3.63, 3.8) is 0 Å². The first-order valence-corrected chi connectivity index (χ1v) is 6.59. The molecule has 20 heavy (non-hydrogen) atoms. The molecule has 2 heterocycles. The van der Waals surface area contributed by atoms with Crippen LogP contribution < -0.4 is 11.1 Å². The van der Waals surface area contributed by atoms with Crippen molar-refractivity contribution < 1.29 is 0 Å². The van der Waals surface area contributed by atoms with Gasteiger partial charge in [-0.05, 0) is 18.2 Å². The van der Waals surface area contributed by atoms with Crippen molar-refractivity contribution in [3.8, 4) is 0 Å². The molecule has 3 N–H and O–H groups in total. The number of para-hydroxylation sites is 1. The molecule has 3 rings (SSSR count). The molecule has 5 nitrogen and oxygen atoms in total. The number of hydrogen-bond acceptors (Lipinski definition) is 4. The molecule has 0 bridgehead atoms. The Morgan fingerprint density at radius 1 is 1.25 bits per heavy atom. The minimum atomic E-state index is 0.705. The summed E-state index contributed by atoms with van der Waals surface area (Å²) in [5.74, 6) is 0. The van der Waals surface area contributed by atoms with E-state index in [0.29, 0.717) is 5.69 Å². The van der Waals surface area contributed by atoms with Crippen LogP contribution in [0, 0.1) is 0 Å². The average molecular weight is 267 g/mol. The highest BCUT2D eigenvalue weighted by molar-refractivity contribution is 5.97. The maximum absolute atomic E-state index is 5.94. The van der Waals surface area contributed by atoms with Crippen molar-refractivity contribution in [1.29, 1.82) is 0 Å². The van der Waals surface area contributed by atoms with Crippen molar-refractivity contribution in [1.82, 2.24) is 14.8 Å². The molecule has 0 aliphatic rings. The van der Waals surface area contributed by atoms with Crippen LogP contribution in [0.15, 0.2) is 42.7 Å². The number of nitrogen functional groups attached to an aromatic ring is 1. The third-order valence-corrected chi connectivity index (χ3v) is 3.27. The predicted molar refractivity (Wildman–Crippen MR) is 81.6 cm³/mol. The van der Waals surface area contributed by atoms with E-state index in [9.17, 15) is 0 Å². The van der Waals surface area contributed by atoms with Gasteiger partial charge in [0, 0.05) is 43.5 Å². The number of aromatic nitrogens is 3. The molecular formula is C15H17N5. The number of nitrogens with two attached hydrogens (primary N) is 1. The second-order valence-corrected chi connectivity index (χ2v) is 4.76. The van der Waals surface area contributed by atoms with Crippen molar-refractivity contribution in [3.05, 3.63) is 48.4 Å². The number of rotatable bonds is 4. The van der Waals surface area contributed by atoms with Crippen LogP contribution in [0.1, 0.15) is 5.69 Å². The van der Waals surface area contributed by atoms with Gasteiger partial charge in [0.05, 0.1) is 16.9 Å². The van der Waals surface area contributed by atoms with Gasteiger partial charge in [0.25, 0.3) is 0 Å². The Kier molecular flexibility index (Phi) is 3.25. The lowest BCUT2D eigenvalue weighted by Gasteiger charge is -2.09. The summed E-state index contributed by atoms with van der Waals surface area (Å²) in [5, 5.41) is 8.84. The normalized spacial score (nSPS) is 10.8. The monoisotopic (exact) mass is 267 g/mol. The largest absolute Gasteiger partial charge is 0.397 e. The van der Waals surface area contributed by atoms with Crippen LogP contribution in [0.25, 0.3) is 10.9 Å². The molecule has 102 valence electrons. The lowest BCUT2D eigenvalue weighted by molar-refractivity contribution is 0.742. The molecule has 0 saturated carbocycles. The van der Waals surface area contributed by atoms with Crippen molar-refractivity contribution in [2.75, 3.05) is 17.6 Å². The van der Waals surface area contributed by atoms with Crippen LogP contribution in [-0.2, 0) is 13.5 Å². The summed E-state index contributed by atoms with van der Waals surface area (Å²) in [5.41, 5.74) is 9.63. The molecule has 3 aromatic rings. The van der Waals surface area contributed by atoms with E-state index in [-0.39, 0.29) is 0 Å². The Labute approximate surface area is 117 Å². The van der Waals surface area contributed by atoms with E-state index in [1.165, 1.54) is 0 Å². The van der Waals surface area contributed by atoms with Gasteiger partial charge >= 0.3 is 0 Å². The van der Waals surface area contributed by atoms with Crippen LogP contribution in [0.3, 0.4) is 0 Å². The summed E-state index contributed by atoms with van der Waals surface area (Å²) in [6.07, 6.45) is 4.62. The molecule has 2 aromatic heterocycles. The molecule has 0 amide bonds. The van der Waals surface area contributed by atoms with Gasteiger partial charge in [0.2, 0.25) is 0 Å². The number of fused-ring (bicyclic) bond motifs is 1. The zero-order chi connectivity index (χ0) is 13.9. The SMILES string of the molecule is Cn1ccc(CCNc2ccnc3c(N)cccc23)n1. The van der Waals surface area contributed by atoms with Gasteiger partial charge in [-0.3, -0.25) is 9.67 Å². The number of nitrogens with zero attached hydrogens (tertiary/aromatic N) is 3. The summed E-state index contributed by atoms with van der Waals surface area (Å²) in [6, 6.07) is 9.85. The first-order valence-electron chi connectivity index (χ1n) is 6.59. The molecule has 0 spiro atoms. The van der Waals surface area contributed by atoms with Crippen molar-refractivity contribution >= 4 is 22.3 Å². The number of hydrogen-bond donors (Lipinski definition) is 2. The molecular weight excluding hydrogens is 250 g/mol. The van der Waals surface area contributed by atoms with Crippen LogP contribution in [0.2, 0.25) is 0 Å². The smallest absolute Gasteiger partial charge is 0.0951 e. The van der Waals surface area contributed by atoms with Gasteiger partial charge < -0.3 is 11.1 Å². The highest BCUT2D eigenvalue weighted by Gasteiger charge is 2.04. The zero-order valence-electron chi connectivity index (χ0n) is 11.4. The molecule has 0 aliphatic carbocycles. The summed E-state index contributed by atoms with van der Waals surface area (Å²) in [6.45, 7) is 0.824. The van der Waals surface area contributed by atoms with Gasteiger partial charge in [-0.2, -0.15) is 5.10 Å². The van der Waals surface area contributed by atoms with Crippen LogP contribution in [0.4, 0.5) is 11.4 Å². The molecule has 5 heteroatoms. The lowest BCUT2D eigenvalue weighted by atomic mass is 10.1. The molecule has 0 atom stereocenters. The number of aryl methyl sites for hydroxylation is 1. The van der Waals surface area contributed by atoms with Crippen LogP contribution in [-0.4, -0.2) is 21.3 Å². The molecule has 0 fully saturated rings. The average Bonchev–Trinajstić information content (AvgIpc) is 2.86. The van der Waals surface area contributed by atoms with Gasteiger partial charge in [0.1, 0.15) is 0 Å². The molecule has 1 aromatic carbocycles. The Hall–Kier alpha value is -2.56. The Bertz CT molecular complexity index is 732. The van der Waals surface area contributed by atoms with Crippen LogP contribution >= 0.6 is 0 Å². The van der Waals surface area contributed by atoms with Crippen LogP contribution in [0.5, 0.6) is 0 Å². The van der Waals surface area contributed by atoms with Gasteiger partial charge in [0.15, 0.2) is 0 Å². The summed E-state index contributed by atoms with van der Waals surface area (Å²) < 4.78 is 1.82. The topological polar surface area (TPSA) is 68.8 Å². The maximum Gasteiger partial charge on any atom is 0.0951 e.